The van der Waals surface area contributed by atoms with Crippen molar-refractivity contribution < 1.29 is 14.3 Å². The number of ether oxygens (including phenoxy) is 2. The largest absolute Gasteiger partial charge is 0.493 e. The fourth-order valence-electron chi connectivity index (χ4n) is 3.28. The predicted octanol–water partition coefficient (Wildman–Crippen LogP) is 2.37. The standard InChI is InChI=1S/C18H26N2O3/c1-22-16-8-7-14(10-17(16)23-2)15-4-3-9-20(15)18(21)12-19-11-13-5-6-13/h7-8,10,13,15,19H,3-6,9,11-12H2,1-2H3. The second-order valence-electron chi connectivity index (χ2n) is 6.43. The van der Waals surface area contributed by atoms with Crippen molar-refractivity contribution in [1.82, 2.24) is 10.2 Å². The molecule has 1 saturated heterocycles. The molecule has 1 aromatic rings. The van der Waals surface area contributed by atoms with Crippen LogP contribution >= 0.6 is 0 Å². The van der Waals surface area contributed by atoms with Crippen molar-refractivity contribution in [1.29, 1.82) is 0 Å². The molecule has 1 amide bonds. The van der Waals surface area contributed by atoms with Gasteiger partial charge >= 0.3 is 0 Å². The quantitative estimate of drug-likeness (QED) is 0.838. The highest BCUT2D eigenvalue weighted by Crippen LogP contribution is 2.36. The van der Waals surface area contributed by atoms with Crippen molar-refractivity contribution in [2.45, 2.75) is 31.7 Å². The highest BCUT2D eigenvalue weighted by Gasteiger charge is 2.30. The molecular weight excluding hydrogens is 292 g/mol. The Morgan fingerprint density at radius 3 is 2.70 bits per heavy atom. The highest BCUT2D eigenvalue weighted by atomic mass is 16.5. The van der Waals surface area contributed by atoms with Crippen LogP contribution in [0.3, 0.4) is 0 Å². The maximum absolute atomic E-state index is 12.5. The minimum Gasteiger partial charge on any atom is -0.493 e. The van der Waals surface area contributed by atoms with Gasteiger partial charge in [-0.3, -0.25) is 4.79 Å². The van der Waals surface area contributed by atoms with Crippen molar-refractivity contribution in [2.75, 3.05) is 33.9 Å². The number of carbonyl (C=O) groups is 1. The molecule has 3 rings (SSSR count). The molecule has 126 valence electrons. The zero-order valence-electron chi connectivity index (χ0n) is 14.0. The fourth-order valence-corrected chi connectivity index (χ4v) is 3.28. The van der Waals surface area contributed by atoms with E-state index in [9.17, 15) is 4.79 Å². The Labute approximate surface area is 137 Å². The van der Waals surface area contributed by atoms with E-state index in [4.69, 9.17) is 9.47 Å². The lowest BCUT2D eigenvalue weighted by Crippen LogP contribution is -2.38. The number of nitrogens with one attached hydrogen (secondary N) is 1. The van der Waals surface area contributed by atoms with Crippen LogP contribution in [-0.4, -0.2) is 44.7 Å². The van der Waals surface area contributed by atoms with Gasteiger partial charge in [0.1, 0.15) is 0 Å². The molecule has 0 spiro atoms. The Bertz CT molecular complexity index is 557. The van der Waals surface area contributed by atoms with E-state index in [1.807, 2.05) is 23.1 Å². The number of benzene rings is 1. The van der Waals surface area contributed by atoms with Crippen LogP contribution in [0.1, 0.15) is 37.3 Å². The first-order chi connectivity index (χ1) is 11.2. The van der Waals surface area contributed by atoms with Crippen LogP contribution in [-0.2, 0) is 4.79 Å². The number of nitrogens with zero attached hydrogens (tertiary/aromatic N) is 1. The number of hydrogen-bond acceptors (Lipinski definition) is 4. The Kier molecular flexibility index (Phi) is 5.06. The maximum atomic E-state index is 12.5. The summed E-state index contributed by atoms with van der Waals surface area (Å²) in [4.78, 5) is 14.5. The molecule has 1 saturated carbocycles. The van der Waals surface area contributed by atoms with Gasteiger partial charge in [-0.25, -0.2) is 0 Å². The average molecular weight is 318 g/mol. The molecule has 1 atom stereocenters. The maximum Gasteiger partial charge on any atom is 0.237 e. The molecule has 1 N–H and O–H groups in total. The summed E-state index contributed by atoms with van der Waals surface area (Å²) in [6.07, 6.45) is 4.66. The number of amides is 1. The van der Waals surface area contributed by atoms with E-state index in [-0.39, 0.29) is 11.9 Å². The number of hydrogen-bond donors (Lipinski definition) is 1. The van der Waals surface area contributed by atoms with Gasteiger partial charge in [-0.15, -0.1) is 0 Å². The Morgan fingerprint density at radius 1 is 1.22 bits per heavy atom. The van der Waals surface area contributed by atoms with E-state index in [1.54, 1.807) is 14.2 Å². The lowest BCUT2D eigenvalue weighted by atomic mass is 10.0. The van der Waals surface area contributed by atoms with Crippen LogP contribution in [0, 0.1) is 5.92 Å². The lowest BCUT2D eigenvalue weighted by molar-refractivity contribution is -0.131. The molecule has 1 aliphatic carbocycles. The first-order valence-corrected chi connectivity index (χ1v) is 8.45. The molecule has 2 aliphatic rings. The SMILES string of the molecule is COc1ccc(C2CCCN2C(=O)CNCC2CC2)cc1OC. The van der Waals surface area contributed by atoms with Gasteiger partial charge in [-0.05, 0) is 55.8 Å². The van der Waals surface area contributed by atoms with E-state index >= 15 is 0 Å². The third kappa shape index (κ3) is 3.78. The molecule has 0 bridgehead atoms. The molecule has 23 heavy (non-hydrogen) atoms. The van der Waals surface area contributed by atoms with E-state index < -0.39 is 0 Å². The van der Waals surface area contributed by atoms with Gasteiger partial charge in [-0.1, -0.05) is 6.07 Å². The molecule has 0 radical (unpaired) electrons. The summed E-state index contributed by atoms with van der Waals surface area (Å²) < 4.78 is 10.7. The highest BCUT2D eigenvalue weighted by molar-refractivity contribution is 5.79. The minimum atomic E-state index is 0.144. The first-order valence-electron chi connectivity index (χ1n) is 8.45. The van der Waals surface area contributed by atoms with Gasteiger partial charge in [0.15, 0.2) is 11.5 Å². The van der Waals surface area contributed by atoms with Gasteiger partial charge in [0, 0.05) is 6.54 Å². The van der Waals surface area contributed by atoms with E-state index in [1.165, 1.54) is 12.8 Å². The fraction of sp³-hybridized carbons (Fsp3) is 0.611. The molecule has 1 heterocycles. The van der Waals surface area contributed by atoms with E-state index in [2.05, 4.69) is 5.32 Å². The molecule has 0 aromatic heterocycles. The van der Waals surface area contributed by atoms with Crippen LogP contribution in [0.2, 0.25) is 0 Å². The van der Waals surface area contributed by atoms with Crippen LogP contribution < -0.4 is 14.8 Å². The molecule has 1 aliphatic heterocycles. The molecule has 1 aromatic carbocycles. The molecular formula is C18H26N2O3. The summed E-state index contributed by atoms with van der Waals surface area (Å²) >= 11 is 0. The first kappa shape index (κ1) is 16.1. The summed E-state index contributed by atoms with van der Waals surface area (Å²) in [6, 6.07) is 6.09. The van der Waals surface area contributed by atoms with Crippen molar-refractivity contribution in [3.63, 3.8) is 0 Å². The number of methoxy groups -OCH3 is 2. The third-order valence-electron chi connectivity index (χ3n) is 4.77. The van der Waals surface area contributed by atoms with Crippen molar-refractivity contribution >= 4 is 5.91 Å². The summed E-state index contributed by atoms with van der Waals surface area (Å²) in [5.74, 6) is 2.43. The minimum absolute atomic E-state index is 0.144. The average Bonchev–Trinajstić information content (AvgIpc) is 3.27. The van der Waals surface area contributed by atoms with Crippen LogP contribution in [0.15, 0.2) is 18.2 Å². The predicted molar refractivity (Wildman–Crippen MR) is 88.8 cm³/mol. The smallest absolute Gasteiger partial charge is 0.237 e. The molecule has 5 nitrogen and oxygen atoms in total. The molecule has 2 fully saturated rings. The van der Waals surface area contributed by atoms with Crippen LogP contribution in [0.5, 0.6) is 11.5 Å². The summed E-state index contributed by atoms with van der Waals surface area (Å²) in [5, 5.41) is 3.30. The lowest BCUT2D eigenvalue weighted by Gasteiger charge is -2.26. The Balaban J connectivity index is 1.66. The van der Waals surface area contributed by atoms with Gasteiger partial charge in [-0.2, -0.15) is 0 Å². The van der Waals surface area contributed by atoms with Gasteiger partial charge in [0.25, 0.3) is 0 Å². The molecule has 5 heteroatoms. The summed E-state index contributed by atoms with van der Waals surface area (Å²) in [6.45, 7) is 2.25. The van der Waals surface area contributed by atoms with E-state index in [0.29, 0.717) is 6.54 Å². The Morgan fingerprint density at radius 2 is 2.00 bits per heavy atom. The number of likely N-dealkylation sites (tertiary alicyclic amines) is 1. The normalized spacial score (nSPS) is 20.6. The van der Waals surface area contributed by atoms with Crippen molar-refractivity contribution in [3.05, 3.63) is 23.8 Å². The monoisotopic (exact) mass is 318 g/mol. The second kappa shape index (κ2) is 7.21. The summed E-state index contributed by atoms with van der Waals surface area (Å²) in [5.41, 5.74) is 1.12. The van der Waals surface area contributed by atoms with Crippen LogP contribution in [0.4, 0.5) is 0 Å². The van der Waals surface area contributed by atoms with Gasteiger partial charge in [0.2, 0.25) is 5.91 Å². The van der Waals surface area contributed by atoms with Gasteiger partial charge in [0.05, 0.1) is 26.8 Å². The van der Waals surface area contributed by atoms with Crippen molar-refractivity contribution in [2.24, 2.45) is 5.92 Å². The second-order valence-corrected chi connectivity index (χ2v) is 6.43. The van der Waals surface area contributed by atoms with E-state index in [0.717, 1.165) is 48.9 Å². The summed E-state index contributed by atoms with van der Waals surface area (Å²) in [7, 11) is 3.27. The Hall–Kier alpha value is -1.75. The topological polar surface area (TPSA) is 50.8 Å². The zero-order valence-corrected chi connectivity index (χ0v) is 14.0. The number of rotatable bonds is 7. The van der Waals surface area contributed by atoms with Crippen LogP contribution in [0.25, 0.3) is 0 Å². The number of carbonyl (C=O) groups excluding carboxylic acids is 1. The zero-order chi connectivity index (χ0) is 16.2. The van der Waals surface area contributed by atoms with Gasteiger partial charge < -0.3 is 19.7 Å². The van der Waals surface area contributed by atoms with Crippen molar-refractivity contribution in [3.8, 4) is 11.5 Å². The molecule has 1 unspecified atom stereocenters. The third-order valence-corrected chi connectivity index (χ3v) is 4.77.